The molecule has 134 valence electrons. The smallest absolute Gasteiger partial charge is 0.231 e. The molecular weight excluding hydrogens is 324 g/mol. The van der Waals surface area contributed by atoms with Crippen LogP contribution < -0.4 is 10.6 Å². The second-order valence-electron chi connectivity index (χ2n) is 6.77. The minimum absolute atomic E-state index is 0.0263. The third kappa shape index (κ3) is 4.60. The summed E-state index contributed by atoms with van der Waals surface area (Å²) >= 11 is 0. The molecule has 3 rings (SSSR count). The van der Waals surface area contributed by atoms with Gasteiger partial charge in [0.25, 0.3) is 0 Å². The van der Waals surface area contributed by atoms with E-state index in [9.17, 15) is 9.59 Å². The molecule has 0 spiro atoms. The number of rotatable bonds is 6. The Morgan fingerprint density at radius 2 is 1.54 bits per heavy atom. The molecular formula is C22H24N2O2. The van der Waals surface area contributed by atoms with Crippen LogP contribution in [0.25, 0.3) is 0 Å². The summed E-state index contributed by atoms with van der Waals surface area (Å²) in [5.41, 5.74) is 3.09. The van der Waals surface area contributed by atoms with Gasteiger partial charge in [-0.2, -0.15) is 0 Å². The predicted molar refractivity (Wildman–Crippen MR) is 102 cm³/mol. The van der Waals surface area contributed by atoms with Crippen molar-refractivity contribution in [3.8, 4) is 0 Å². The maximum atomic E-state index is 12.5. The van der Waals surface area contributed by atoms with E-state index in [-0.39, 0.29) is 17.6 Å². The van der Waals surface area contributed by atoms with Gasteiger partial charge in [0.15, 0.2) is 5.78 Å². The van der Waals surface area contributed by atoms with Gasteiger partial charge in [-0.25, -0.2) is 0 Å². The predicted octanol–water partition coefficient (Wildman–Crippen LogP) is 3.20. The van der Waals surface area contributed by atoms with Gasteiger partial charge in [-0.05, 0) is 23.5 Å². The van der Waals surface area contributed by atoms with Crippen LogP contribution in [-0.2, 0) is 22.7 Å². The Hall–Kier alpha value is -2.88. The SMILES string of the molecule is C[C@H]1CC(NCc2ccccc2)=CC(=O)[C@@H]1C(=O)NCc1ccccc1. The summed E-state index contributed by atoms with van der Waals surface area (Å²) in [5.74, 6) is -0.947. The molecule has 0 radical (unpaired) electrons. The number of amides is 1. The van der Waals surface area contributed by atoms with E-state index >= 15 is 0 Å². The molecule has 0 aromatic heterocycles. The maximum Gasteiger partial charge on any atom is 0.231 e. The summed E-state index contributed by atoms with van der Waals surface area (Å²) in [4.78, 5) is 25.0. The molecule has 1 amide bonds. The number of carbonyl (C=O) groups is 2. The molecule has 0 saturated heterocycles. The average molecular weight is 348 g/mol. The zero-order valence-corrected chi connectivity index (χ0v) is 14.9. The van der Waals surface area contributed by atoms with Crippen LogP contribution in [-0.4, -0.2) is 11.7 Å². The molecule has 0 unspecified atom stereocenters. The highest BCUT2D eigenvalue weighted by molar-refractivity contribution is 6.07. The fraction of sp³-hybridized carbons (Fsp3) is 0.273. The van der Waals surface area contributed by atoms with Crippen molar-refractivity contribution in [3.63, 3.8) is 0 Å². The number of allylic oxidation sites excluding steroid dienone is 2. The second kappa shape index (κ2) is 8.48. The molecule has 0 saturated carbocycles. The Morgan fingerprint density at radius 3 is 2.12 bits per heavy atom. The summed E-state index contributed by atoms with van der Waals surface area (Å²) in [7, 11) is 0. The van der Waals surface area contributed by atoms with E-state index in [0.29, 0.717) is 19.5 Å². The Balaban J connectivity index is 1.57. The lowest BCUT2D eigenvalue weighted by molar-refractivity contribution is -0.134. The van der Waals surface area contributed by atoms with Crippen molar-refractivity contribution in [2.75, 3.05) is 0 Å². The molecule has 1 aliphatic carbocycles. The van der Waals surface area contributed by atoms with Gasteiger partial charge in [0, 0.05) is 24.9 Å². The van der Waals surface area contributed by atoms with Crippen LogP contribution >= 0.6 is 0 Å². The molecule has 26 heavy (non-hydrogen) atoms. The van der Waals surface area contributed by atoms with Crippen LogP contribution in [0.3, 0.4) is 0 Å². The molecule has 2 aromatic carbocycles. The van der Waals surface area contributed by atoms with E-state index in [0.717, 1.165) is 16.8 Å². The molecule has 0 heterocycles. The zero-order valence-electron chi connectivity index (χ0n) is 14.9. The summed E-state index contributed by atoms with van der Waals surface area (Å²) < 4.78 is 0. The van der Waals surface area contributed by atoms with Crippen molar-refractivity contribution < 1.29 is 9.59 Å². The van der Waals surface area contributed by atoms with Gasteiger partial charge >= 0.3 is 0 Å². The summed E-state index contributed by atoms with van der Waals surface area (Å²) in [6.07, 6.45) is 2.29. The van der Waals surface area contributed by atoms with Crippen LogP contribution in [0.1, 0.15) is 24.5 Å². The van der Waals surface area contributed by atoms with Gasteiger partial charge in [0.2, 0.25) is 5.91 Å². The van der Waals surface area contributed by atoms with Crippen molar-refractivity contribution >= 4 is 11.7 Å². The lowest BCUT2D eigenvalue weighted by Crippen LogP contribution is -2.41. The molecule has 2 aromatic rings. The largest absolute Gasteiger partial charge is 0.384 e. The third-order valence-corrected chi connectivity index (χ3v) is 4.69. The molecule has 0 fully saturated rings. The van der Waals surface area contributed by atoms with Crippen LogP contribution in [0.4, 0.5) is 0 Å². The Bertz CT molecular complexity index is 784. The van der Waals surface area contributed by atoms with Gasteiger partial charge in [-0.1, -0.05) is 67.6 Å². The molecule has 2 N–H and O–H groups in total. The van der Waals surface area contributed by atoms with Crippen molar-refractivity contribution in [2.24, 2.45) is 11.8 Å². The summed E-state index contributed by atoms with van der Waals surface area (Å²) in [6.45, 7) is 3.08. The highest BCUT2D eigenvalue weighted by Gasteiger charge is 2.34. The van der Waals surface area contributed by atoms with E-state index in [1.807, 2.05) is 67.6 Å². The zero-order chi connectivity index (χ0) is 18.4. The topological polar surface area (TPSA) is 58.2 Å². The number of ketones is 1. The molecule has 4 nitrogen and oxygen atoms in total. The molecule has 0 bridgehead atoms. The first-order valence-corrected chi connectivity index (χ1v) is 8.97. The van der Waals surface area contributed by atoms with Crippen molar-refractivity contribution in [3.05, 3.63) is 83.6 Å². The van der Waals surface area contributed by atoms with Crippen LogP contribution in [0.15, 0.2) is 72.4 Å². The minimum atomic E-state index is -0.610. The molecule has 1 aliphatic rings. The van der Waals surface area contributed by atoms with Gasteiger partial charge in [-0.3, -0.25) is 9.59 Å². The van der Waals surface area contributed by atoms with Crippen LogP contribution in [0, 0.1) is 11.8 Å². The lowest BCUT2D eigenvalue weighted by atomic mass is 9.81. The van der Waals surface area contributed by atoms with Crippen molar-refractivity contribution in [2.45, 2.75) is 26.4 Å². The van der Waals surface area contributed by atoms with Crippen molar-refractivity contribution in [1.82, 2.24) is 10.6 Å². The van der Waals surface area contributed by atoms with E-state index in [1.165, 1.54) is 0 Å². The molecule has 2 atom stereocenters. The van der Waals surface area contributed by atoms with Gasteiger partial charge in [0.1, 0.15) is 5.92 Å². The molecule has 0 aliphatic heterocycles. The van der Waals surface area contributed by atoms with Gasteiger partial charge in [-0.15, -0.1) is 0 Å². The number of carbonyl (C=O) groups excluding carboxylic acids is 2. The van der Waals surface area contributed by atoms with E-state index in [1.54, 1.807) is 6.08 Å². The fourth-order valence-corrected chi connectivity index (χ4v) is 3.28. The third-order valence-electron chi connectivity index (χ3n) is 4.69. The standard InChI is InChI=1S/C22H24N2O2/c1-16-12-19(23-14-17-8-4-2-5-9-17)13-20(25)21(16)22(26)24-15-18-10-6-3-7-11-18/h2-11,13,16,21,23H,12,14-15H2,1H3,(H,24,26)/t16-,21+/m0/s1. The average Bonchev–Trinajstić information content (AvgIpc) is 2.66. The second-order valence-corrected chi connectivity index (χ2v) is 6.77. The van der Waals surface area contributed by atoms with E-state index in [2.05, 4.69) is 10.6 Å². The van der Waals surface area contributed by atoms with Crippen LogP contribution in [0.5, 0.6) is 0 Å². The first-order valence-electron chi connectivity index (χ1n) is 8.97. The van der Waals surface area contributed by atoms with Gasteiger partial charge in [0.05, 0.1) is 0 Å². The Labute approximate surface area is 154 Å². The molecule has 4 heteroatoms. The summed E-state index contributed by atoms with van der Waals surface area (Å²) in [5, 5.41) is 6.22. The fourth-order valence-electron chi connectivity index (χ4n) is 3.28. The first-order chi connectivity index (χ1) is 12.6. The maximum absolute atomic E-state index is 12.5. The number of hydrogen-bond acceptors (Lipinski definition) is 3. The number of hydrogen-bond donors (Lipinski definition) is 2. The van der Waals surface area contributed by atoms with E-state index < -0.39 is 5.92 Å². The normalized spacial score (nSPS) is 19.6. The Morgan fingerprint density at radius 1 is 0.962 bits per heavy atom. The van der Waals surface area contributed by atoms with Crippen LogP contribution in [0.2, 0.25) is 0 Å². The van der Waals surface area contributed by atoms with Gasteiger partial charge < -0.3 is 10.6 Å². The lowest BCUT2D eigenvalue weighted by Gasteiger charge is -2.27. The monoisotopic (exact) mass is 348 g/mol. The Kier molecular flexibility index (Phi) is 5.84. The highest BCUT2D eigenvalue weighted by Crippen LogP contribution is 2.26. The summed E-state index contributed by atoms with van der Waals surface area (Å²) in [6, 6.07) is 19.8. The van der Waals surface area contributed by atoms with E-state index in [4.69, 9.17) is 0 Å². The minimum Gasteiger partial charge on any atom is -0.384 e. The quantitative estimate of drug-likeness (QED) is 0.788. The first kappa shape index (κ1) is 17.9. The number of nitrogens with one attached hydrogen (secondary N) is 2. The highest BCUT2D eigenvalue weighted by atomic mass is 16.2. The number of benzene rings is 2. The van der Waals surface area contributed by atoms with Crippen molar-refractivity contribution in [1.29, 1.82) is 0 Å².